The average Bonchev–Trinajstić information content (AvgIpc) is 2.22. The molecule has 2 aromatic heterocycles. The molecular weight excluding hydrogens is 190 g/mol. The lowest BCUT2D eigenvalue weighted by atomic mass is 10.2. The van der Waals surface area contributed by atoms with Gasteiger partial charge >= 0.3 is 0 Å². The molecule has 4 heteroatoms. The average molecular weight is 203 g/mol. The highest BCUT2D eigenvalue weighted by atomic mass is 16.5. The fourth-order valence-electron chi connectivity index (χ4n) is 1.40. The molecule has 2 rings (SSSR count). The monoisotopic (exact) mass is 203 g/mol. The SMILES string of the molecule is CC(C)Oc1c(N)ncc2ccncc12. The van der Waals surface area contributed by atoms with Crippen LogP contribution in [-0.4, -0.2) is 16.1 Å². The Labute approximate surface area is 88.1 Å². The Morgan fingerprint density at radius 3 is 2.87 bits per heavy atom. The minimum atomic E-state index is 0.0694. The van der Waals surface area contributed by atoms with Crippen LogP contribution in [0.5, 0.6) is 5.75 Å². The molecule has 15 heavy (non-hydrogen) atoms. The molecule has 78 valence electrons. The zero-order chi connectivity index (χ0) is 10.8. The number of nitrogens with zero attached hydrogens (tertiary/aromatic N) is 2. The fourth-order valence-corrected chi connectivity index (χ4v) is 1.40. The van der Waals surface area contributed by atoms with Crippen LogP contribution in [0, 0.1) is 0 Å². The molecule has 0 aliphatic rings. The Bertz CT molecular complexity index is 482. The number of aromatic nitrogens is 2. The second-order valence-electron chi connectivity index (χ2n) is 3.60. The summed E-state index contributed by atoms with van der Waals surface area (Å²) in [6.45, 7) is 3.91. The van der Waals surface area contributed by atoms with Crippen LogP contribution < -0.4 is 10.5 Å². The molecular formula is C11H13N3O. The molecule has 0 unspecified atom stereocenters. The van der Waals surface area contributed by atoms with E-state index in [1.807, 2.05) is 19.9 Å². The Morgan fingerprint density at radius 1 is 1.33 bits per heavy atom. The first-order chi connectivity index (χ1) is 7.18. The van der Waals surface area contributed by atoms with E-state index in [1.54, 1.807) is 18.6 Å². The van der Waals surface area contributed by atoms with Gasteiger partial charge in [-0.2, -0.15) is 0 Å². The molecule has 4 nitrogen and oxygen atoms in total. The van der Waals surface area contributed by atoms with Gasteiger partial charge in [0.15, 0.2) is 11.6 Å². The van der Waals surface area contributed by atoms with Crippen LogP contribution in [0.4, 0.5) is 5.82 Å². The van der Waals surface area contributed by atoms with Gasteiger partial charge in [0.1, 0.15) is 0 Å². The molecule has 0 amide bonds. The van der Waals surface area contributed by atoms with E-state index in [0.717, 1.165) is 10.8 Å². The molecule has 2 N–H and O–H groups in total. The van der Waals surface area contributed by atoms with Crippen LogP contribution in [0.3, 0.4) is 0 Å². The van der Waals surface area contributed by atoms with Crippen LogP contribution in [0.1, 0.15) is 13.8 Å². The highest BCUT2D eigenvalue weighted by Crippen LogP contribution is 2.29. The third kappa shape index (κ3) is 1.83. The van der Waals surface area contributed by atoms with Gasteiger partial charge in [-0.05, 0) is 19.9 Å². The number of fused-ring (bicyclic) bond motifs is 1. The number of nitrogens with two attached hydrogens (primary N) is 1. The quantitative estimate of drug-likeness (QED) is 0.810. The summed E-state index contributed by atoms with van der Waals surface area (Å²) in [6.07, 6.45) is 5.25. The molecule has 0 aromatic carbocycles. The maximum absolute atomic E-state index is 5.77. The van der Waals surface area contributed by atoms with E-state index in [-0.39, 0.29) is 6.10 Å². The summed E-state index contributed by atoms with van der Waals surface area (Å²) in [5.41, 5.74) is 5.77. The molecule has 0 atom stereocenters. The predicted octanol–water partition coefficient (Wildman–Crippen LogP) is 2.00. The van der Waals surface area contributed by atoms with Gasteiger partial charge in [0.25, 0.3) is 0 Å². The van der Waals surface area contributed by atoms with Crippen LogP contribution >= 0.6 is 0 Å². The van der Waals surface area contributed by atoms with Crippen molar-refractivity contribution in [1.29, 1.82) is 0 Å². The van der Waals surface area contributed by atoms with Gasteiger partial charge in [0, 0.05) is 29.4 Å². The largest absolute Gasteiger partial charge is 0.486 e. The number of hydrogen-bond acceptors (Lipinski definition) is 4. The second kappa shape index (κ2) is 3.73. The first-order valence-corrected chi connectivity index (χ1v) is 4.83. The molecule has 0 radical (unpaired) electrons. The number of anilines is 1. The molecule has 0 aliphatic heterocycles. The van der Waals surface area contributed by atoms with Crippen molar-refractivity contribution in [3.63, 3.8) is 0 Å². The maximum Gasteiger partial charge on any atom is 0.171 e. The van der Waals surface area contributed by atoms with E-state index < -0.39 is 0 Å². The summed E-state index contributed by atoms with van der Waals surface area (Å²) < 4.78 is 5.63. The molecule has 0 saturated carbocycles. The van der Waals surface area contributed by atoms with Crippen molar-refractivity contribution in [2.24, 2.45) is 0 Å². The lowest BCUT2D eigenvalue weighted by Gasteiger charge is -2.13. The topological polar surface area (TPSA) is 61.0 Å². The van der Waals surface area contributed by atoms with E-state index in [0.29, 0.717) is 11.6 Å². The summed E-state index contributed by atoms with van der Waals surface area (Å²) in [6, 6.07) is 1.88. The number of pyridine rings is 2. The van der Waals surface area contributed by atoms with Crippen molar-refractivity contribution in [3.05, 3.63) is 24.7 Å². The predicted molar refractivity (Wildman–Crippen MR) is 59.7 cm³/mol. The summed E-state index contributed by atoms with van der Waals surface area (Å²) in [5.74, 6) is 1.03. The summed E-state index contributed by atoms with van der Waals surface area (Å²) >= 11 is 0. The van der Waals surface area contributed by atoms with Crippen molar-refractivity contribution >= 4 is 16.6 Å². The second-order valence-corrected chi connectivity index (χ2v) is 3.60. The minimum Gasteiger partial charge on any atom is -0.486 e. The molecule has 2 aromatic rings. The van der Waals surface area contributed by atoms with Gasteiger partial charge in [-0.1, -0.05) is 0 Å². The fraction of sp³-hybridized carbons (Fsp3) is 0.273. The van der Waals surface area contributed by atoms with Gasteiger partial charge in [-0.3, -0.25) is 4.98 Å². The Kier molecular flexibility index (Phi) is 2.41. The summed E-state index contributed by atoms with van der Waals surface area (Å²) in [4.78, 5) is 8.14. The van der Waals surface area contributed by atoms with E-state index in [1.165, 1.54) is 0 Å². The van der Waals surface area contributed by atoms with Crippen LogP contribution in [0.25, 0.3) is 10.8 Å². The van der Waals surface area contributed by atoms with Gasteiger partial charge in [-0.15, -0.1) is 0 Å². The minimum absolute atomic E-state index is 0.0694. The number of rotatable bonds is 2. The van der Waals surface area contributed by atoms with Crippen molar-refractivity contribution in [2.75, 3.05) is 5.73 Å². The third-order valence-corrected chi connectivity index (χ3v) is 2.03. The van der Waals surface area contributed by atoms with Gasteiger partial charge in [0.05, 0.1) is 6.10 Å². The zero-order valence-corrected chi connectivity index (χ0v) is 8.77. The van der Waals surface area contributed by atoms with Crippen LogP contribution in [0.15, 0.2) is 24.7 Å². The van der Waals surface area contributed by atoms with E-state index in [4.69, 9.17) is 10.5 Å². The maximum atomic E-state index is 5.77. The molecule has 2 heterocycles. The smallest absolute Gasteiger partial charge is 0.171 e. The summed E-state index contributed by atoms with van der Waals surface area (Å²) in [7, 11) is 0. The lowest BCUT2D eigenvalue weighted by molar-refractivity contribution is 0.246. The number of ether oxygens (including phenoxy) is 1. The lowest BCUT2D eigenvalue weighted by Crippen LogP contribution is -2.08. The first-order valence-electron chi connectivity index (χ1n) is 4.83. The van der Waals surface area contributed by atoms with Crippen LogP contribution in [0.2, 0.25) is 0 Å². The normalized spacial score (nSPS) is 10.9. The Balaban J connectivity index is 2.63. The van der Waals surface area contributed by atoms with Gasteiger partial charge < -0.3 is 10.5 Å². The number of hydrogen-bond donors (Lipinski definition) is 1. The standard InChI is InChI=1S/C11H13N3O/c1-7(2)15-10-9-6-13-4-3-8(9)5-14-11(10)12/h3-7H,1-2H3,(H2,12,14). The molecule has 0 aliphatic carbocycles. The number of nitrogen functional groups attached to an aromatic ring is 1. The van der Waals surface area contributed by atoms with Crippen molar-refractivity contribution < 1.29 is 4.74 Å². The van der Waals surface area contributed by atoms with Crippen molar-refractivity contribution in [3.8, 4) is 5.75 Å². The van der Waals surface area contributed by atoms with E-state index in [9.17, 15) is 0 Å². The highest BCUT2D eigenvalue weighted by Gasteiger charge is 2.09. The third-order valence-electron chi connectivity index (χ3n) is 2.03. The highest BCUT2D eigenvalue weighted by molar-refractivity contribution is 5.90. The Hall–Kier alpha value is -1.84. The van der Waals surface area contributed by atoms with Gasteiger partial charge in [0.2, 0.25) is 0 Å². The van der Waals surface area contributed by atoms with Crippen LogP contribution in [-0.2, 0) is 0 Å². The van der Waals surface area contributed by atoms with Gasteiger partial charge in [-0.25, -0.2) is 4.98 Å². The molecule has 0 spiro atoms. The van der Waals surface area contributed by atoms with Crippen molar-refractivity contribution in [1.82, 2.24) is 9.97 Å². The van der Waals surface area contributed by atoms with Crippen molar-refractivity contribution in [2.45, 2.75) is 20.0 Å². The Morgan fingerprint density at radius 2 is 2.13 bits per heavy atom. The van der Waals surface area contributed by atoms with E-state index in [2.05, 4.69) is 9.97 Å². The summed E-state index contributed by atoms with van der Waals surface area (Å²) in [5, 5.41) is 1.88. The molecule has 0 bridgehead atoms. The zero-order valence-electron chi connectivity index (χ0n) is 8.77. The molecule has 0 saturated heterocycles. The first kappa shape index (κ1) is 9.71. The molecule has 0 fully saturated rings. The van der Waals surface area contributed by atoms with E-state index >= 15 is 0 Å².